The van der Waals surface area contributed by atoms with Crippen LogP contribution in [0.3, 0.4) is 0 Å². The molecule has 0 amide bonds. The second kappa shape index (κ2) is 5.01. The predicted molar refractivity (Wildman–Crippen MR) is 71.5 cm³/mol. The van der Waals surface area contributed by atoms with Crippen LogP contribution >= 0.6 is 22.6 Å². The third kappa shape index (κ3) is 2.95. The zero-order valence-electron chi connectivity index (χ0n) is 9.51. The molecule has 0 spiro atoms. The topological polar surface area (TPSA) is 62.4 Å². The molecule has 5 nitrogen and oxygen atoms in total. The molecule has 1 aromatic heterocycles. The normalized spacial score (nSPS) is 11.1. The largest absolute Gasteiger partial charge is 0.507 e. The van der Waals surface area contributed by atoms with Crippen molar-refractivity contribution in [2.75, 3.05) is 14.1 Å². The van der Waals surface area contributed by atoms with Crippen molar-refractivity contribution in [1.29, 1.82) is 0 Å². The minimum Gasteiger partial charge on any atom is -0.507 e. The number of hydrogen-bond donors (Lipinski definition) is 1. The van der Waals surface area contributed by atoms with Crippen molar-refractivity contribution in [3.8, 4) is 17.2 Å². The molecule has 0 aliphatic heterocycles. The molecule has 0 radical (unpaired) electrons. The maximum atomic E-state index is 9.61. The van der Waals surface area contributed by atoms with Gasteiger partial charge >= 0.3 is 0 Å². The Morgan fingerprint density at radius 2 is 2.18 bits per heavy atom. The quantitative estimate of drug-likeness (QED) is 0.864. The number of rotatable bonds is 3. The highest BCUT2D eigenvalue weighted by Crippen LogP contribution is 2.26. The van der Waals surface area contributed by atoms with Crippen LogP contribution in [0.4, 0.5) is 0 Å². The standard InChI is InChI=1S/C11H12IN3O2/c1-15(2)6-10-13-11(17-14-10)7-3-4-8(12)9(16)5-7/h3-5,16H,6H2,1-2H3. The number of hydrogen-bond acceptors (Lipinski definition) is 5. The van der Waals surface area contributed by atoms with Gasteiger partial charge in [0, 0.05) is 5.56 Å². The molecule has 0 aliphatic carbocycles. The Labute approximate surface area is 113 Å². The fourth-order valence-electron chi connectivity index (χ4n) is 1.36. The van der Waals surface area contributed by atoms with Crippen LogP contribution in [-0.4, -0.2) is 34.2 Å². The van der Waals surface area contributed by atoms with E-state index in [0.29, 0.717) is 18.3 Å². The van der Waals surface area contributed by atoms with Crippen LogP contribution in [0, 0.1) is 3.57 Å². The maximum Gasteiger partial charge on any atom is 0.258 e. The number of aromatic hydroxyl groups is 1. The first-order valence-corrected chi connectivity index (χ1v) is 6.10. The van der Waals surface area contributed by atoms with Gasteiger partial charge in [0.05, 0.1) is 10.1 Å². The lowest BCUT2D eigenvalue weighted by Gasteiger charge is -2.03. The zero-order valence-corrected chi connectivity index (χ0v) is 11.7. The van der Waals surface area contributed by atoms with Gasteiger partial charge in [-0.3, -0.25) is 0 Å². The van der Waals surface area contributed by atoms with E-state index in [1.165, 1.54) is 0 Å². The average molecular weight is 345 g/mol. The molecule has 6 heteroatoms. The second-order valence-corrected chi connectivity index (χ2v) is 5.08. The third-order valence-corrected chi connectivity index (χ3v) is 3.03. The fraction of sp³-hybridized carbons (Fsp3) is 0.273. The number of benzene rings is 1. The molecule has 0 unspecified atom stereocenters. The molecular weight excluding hydrogens is 333 g/mol. The Morgan fingerprint density at radius 1 is 1.41 bits per heavy atom. The smallest absolute Gasteiger partial charge is 0.258 e. The van der Waals surface area contributed by atoms with Crippen molar-refractivity contribution < 1.29 is 9.63 Å². The lowest BCUT2D eigenvalue weighted by molar-refractivity contribution is 0.365. The van der Waals surface area contributed by atoms with Gasteiger partial charge < -0.3 is 14.5 Å². The maximum absolute atomic E-state index is 9.61. The zero-order chi connectivity index (χ0) is 12.4. The summed E-state index contributed by atoms with van der Waals surface area (Å²) in [5.74, 6) is 1.27. The summed E-state index contributed by atoms with van der Waals surface area (Å²) in [7, 11) is 3.87. The lowest BCUT2D eigenvalue weighted by Crippen LogP contribution is -2.11. The Bertz CT molecular complexity index is 525. The molecule has 1 N–H and O–H groups in total. The van der Waals surface area contributed by atoms with Crippen LogP contribution in [0.2, 0.25) is 0 Å². The van der Waals surface area contributed by atoms with Gasteiger partial charge in [-0.1, -0.05) is 5.16 Å². The van der Waals surface area contributed by atoms with E-state index >= 15 is 0 Å². The van der Waals surface area contributed by atoms with E-state index in [1.54, 1.807) is 12.1 Å². The Hall–Kier alpha value is -1.15. The molecule has 0 saturated heterocycles. The summed E-state index contributed by atoms with van der Waals surface area (Å²) in [6, 6.07) is 5.27. The van der Waals surface area contributed by atoms with Crippen LogP contribution in [-0.2, 0) is 6.54 Å². The fourth-order valence-corrected chi connectivity index (χ4v) is 1.70. The lowest BCUT2D eigenvalue weighted by atomic mass is 10.2. The first-order valence-electron chi connectivity index (χ1n) is 5.02. The van der Waals surface area contributed by atoms with E-state index in [4.69, 9.17) is 4.52 Å². The van der Waals surface area contributed by atoms with E-state index in [9.17, 15) is 5.11 Å². The van der Waals surface area contributed by atoms with E-state index in [1.807, 2.05) is 25.1 Å². The Morgan fingerprint density at radius 3 is 2.82 bits per heavy atom. The van der Waals surface area contributed by atoms with E-state index < -0.39 is 0 Å². The molecule has 2 aromatic rings. The van der Waals surface area contributed by atoms with E-state index in [0.717, 1.165) is 9.13 Å². The number of halogens is 1. The minimum absolute atomic E-state index is 0.218. The van der Waals surface area contributed by atoms with Gasteiger partial charge in [0.1, 0.15) is 5.75 Å². The summed E-state index contributed by atoms with van der Waals surface area (Å²) >= 11 is 2.06. The van der Waals surface area contributed by atoms with Crippen molar-refractivity contribution >= 4 is 22.6 Å². The van der Waals surface area contributed by atoms with Gasteiger partial charge in [-0.15, -0.1) is 0 Å². The van der Waals surface area contributed by atoms with Crippen LogP contribution in [0.15, 0.2) is 22.7 Å². The van der Waals surface area contributed by atoms with Gasteiger partial charge in [-0.05, 0) is 54.9 Å². The molecule has 1 heterocycles. The van der Waals surface area contributed by atoms with Crippen LogP contribution < -0.4 is 0 Å². The first-order chi connectivity index (χ1) is 8.06. The van der Waals surface area contributed by atoms with Gasteiger partial charge in [-0.2, -0.15) is 4.98 Å². The van der Waals surface area contributed by atoms with E-state index in [-0.39, 0.29) is 5.75 Å². The van der Waals surface area contributed by atoms with Crippen LogP contribution in [0.5, 0.6) is 5.75 Å². The van der Waals surface area contributed by atoms with E-state index in [2.05, 4.69) is 32.7 Å². The number of nitrogens with zero attached hydrogens (tertiary/aromatic N) is 3. The number of phenols is 1. The monoisotopic (exact) mass is 345 g/mol. The number of phenolic OH excluding ortho intramolecular Hbond substituents is 1. The van der Waals surface area contributed by atoms with Crippen LogP contribution in [0.25, 0.3) is 11.5 Å². The predicted octanol–water partition coefficient (Wildman–Crippen LogP) is 2.11. The molecule has 0 bridgehead atoms. The first kappa shape index (κ1) is 12.3. The molecule has 0 fully saturated rings. The van der Waals surface area contributed by atoms with Gasteiger partial charge in [0.15, 0.2) is 5.82 Å². The highest BCUT2D eigenvalue weighted by molar-refractivity contribution is 14.1. The molecule has 90 valence electrons. The molecule has 1 aromatic carbocycles. The Balaban J connectivity index is 2.27. The molecule has 0 saturated carbocycles. The number of aromatic nitrogens is 2. The van der Waals surface area contributed by atoms with Gasteiger partial charge in [-0.25, -0.2) is 0 Å². The van der Waals surface area contributed by atoms with Crippen molar-refractivity contribution in [2.24, 2.45) is 0 Å². The average Bonchev–Trinajstić information content (AvgIpc) is 2.69. The summed E-state index contributed by atoms with van der Waals surface area (Å²) in [6.45, 7) is 0.625. The molecular formula is C11H12IN3O2. The van der Waals surface area contributed by atoms with Crippen molar-refractivity contribution in [2.45, 2.75) is 6.54 Å². The van der Waals surface area contributed by atoms with Crippen molar-refractivity contribution in [1.82, 2.24) is 15.0 Å². The molecule has 0 atom stereocenters. The van der Waals surface area contributed by atoms with Crippen molar-refractivity contribution in [3.05, 3.63) is 27.6 Å². The SMILES string of the molecule is CN(C)Cc1noc(-c2ccc(I)c(O)c2)n1. The third-order valence-electron chi connectivity index (χ3n) is 2.12. The van der Waals surface area contributed by atoms with Gasteiger partial charge in [0.25, 0.3) is 5.89 Å². The molecule has 17 heavy (non-hydrogen) atoms. The second-order valence-electron chi connectivity index (χ2n) is 3.92. The minimum atomic E-state index is 0.218. The Kier molecular flexibility index (Phi) is 3.63. The van der Waals surface area contributed by atoms with Gasteiger partial charge in [0.2, 0.25) is 0 Å². The summed E-state index contributed by atoms with van der Waals surface area (Å²) in [4.78, 5) is 6.22. The summed E-state index contributed by atoms with van der Waals surface area (Å²) < 4.78 is 5.94. The van der Waals surface area contributed by atoms with Crippen LogP contribution in [0.1, 0.15) is 5.82 Å². The summed E-state index contributed by atoms with van der Waals surface area (Å²) in [5, 5.41) is 13.5. The van der Waals surface area contributed by atoms with Crippen molar-refractivity contribution in [3.63, 3.8) is 0 Å². The summed E-state index contributed by atoms with van der Waals surface area (Å²) in [5.41, 5.74) is 0.723. The molecule has 0 aliphatic rings. The summed E-state index contributed by atoms with van der Waals surface area (Å²) in [6.07, 6.45) is 0. The highest BCUT2D eigenvalue weighted by Gasteiger charge is 2.10. The molecule has 2 rings (SSSR count). The highest BCUT2D eigenvalue weighted by atomic mass is 127.